The second-order valence-electron chi connectivity index (χ2n) is 5.66. The molecule has 5 heteroatoms. The van der Waals surface area contributed by atoms with Crippen molar-refractivity contribution in [2.75, 3.05) is 25.1 Å². The summed E-state index contributed by atoms with van der Waals surface area (Å²) in [7, 11) is 0. The summed E-state index contributed by atoms with van der Waals surface area (Å²) in [6.45, 7) is 3.73. The molecule has 1 fully saturated rings. The van der Waals surface area contributed by atoms with Crippen molar-refractivity contribution >= 4 is 5.82 Å². The van der Waals surface area contributed by atoms with Gasteiger partial charge in [-0.15, -0.1) is 0 Å². The number of aliphatic hydroxyl groups excluding tert-OH is 1. The van der Waals surface area contributed by atoms with Crippen LogP contribution in [0.5, 0.6) is 5.88 Å². The smallest absolute Gasteiger partial charge is 0.218 e. The van der Waals surface area contributed by atoms with Crippen LogP contribution in [0.1, 0.15) is 45.4 Å². The predicted octanol–water partition coefficient (Wildman–Crippen LogP) is 2.62. The van der Waals surface area contributed by atoms with E-state index in [2.05, 4.69) is 22.2 Å². The second kappa shape index (κ2) is 7.43. The number of nitrogens with one attached hydrogen (secondary N) is 1. The molecule has 0 aliphatic heterocycles. The fourth-order valence-electron chi connectivity index (χ4n) is 2.69. The summed E-state index contributed by atoms with van der Waals surface area (Å²) < 4.78 is 5.50. The highest BCUT2D eigenvalue weighted by Gasteiger charge is 2.31. The second-order valence-corrected chi connectivity index (χ2v) is 5.66. The molecule has 5 nitrogen and oxygen atoms in total. The largest absolute Gasteiger partial charge is 0.478 e. The molecule has 0 saturated heterocycles. The van der Waals surface area contributed by atoms with Gasteiger partial charge in [-0.2, -0.15) is 0 Å². The maximum atomic E-state index is 9.69. The van der Waals surface area contributed by atoms with Crippen LogP contribution >= 0.6 is 0 Å². The minimum absolute atomic E-state index is 0.00758. The summed E-state index contributed by atoms with van der Waals surface area (Å²) in [5, 5.41) is 13.0. The molecule has 20 heavy (non-hydrogen) atoms. The summed E-state index contributed by atoms with van der Waals surface area (Å²) in [4.78, 5) is 8.30. The van der Waals surface area contributed by atoms with E-state index in [1.165, 1.54) is 25.6 Å². The Labute approximate surface area is 120 Å². The number of rotatable bonds is 7. The van der Waals surface area contributed by atoms with Gasteiger partial charge in [0.05, 0.1) is 13.2 Å². The molecule has 0 bridgehead atoms. The minimum atomic E-state index is 0.00758. The van der Waals surface area contributed by atoms with Gasteiger partial charge in [0.1, 0.15) is 12.1 Å². The number of hydrogen-bond acceptors (Lipinski definition) is 5. The number of anilines is 1. The van der Waals surface area contributed by atoms with Crippen LogP contribution in [-0.4, -0.2) is 34.8 Å². The molecule has 0 atom stereocenters. The zero-order valence-corrected chi connectivity index (χ0v) is 12.3. The van der Waals surface area contributed by atoms with Gasteiger partial charge in [0, 0.05) is 18.0 Å². The van der Waals surface area contributed by atoms with Crippen molar-refractivity contribution < 1.29 is 9.84 Å². The summed E-state index contributed by atoms with van der Waals surface area (Å²) in [6.07, 6.45) is 8.33. The van der Waals surface area contributed by atoms with Crippen molar-refractivity contribution in [3.8, 4) is 5.88 Å². The molecule has 1 heterocycles. The fourth-order valence-corrected chi connectivity index (χ4v) is 2.69. The molecular weight excluding hydrogens is 254 g/mol. The van der Waals surface area contributed by atoms with Crippen LogP contribution in [-0.2, 0) is 0 Å². The molecule has 1 aliphatic rings. The average Bonchev–Trinajstić information content (AvgIpc) is 2.52. The molecule has 112 valence electrons. The van der Waals surface area contributed by atoms with Crippen LogP contribution in [0, 0.1) is 5.41 Å². The first-order valence-electron chi connectivity index (χ1n) is 7.57. The number of aliphatic hydroxyl groups is 1. The highest BCUT2D eigenvalue weighted by molar-refractivity contribution is 5.37. The maximum Gasteiger partial charge on any atom is 0.218 e. The monoisotopic (exact) mass is 279 g/mol. The van der Waals surface area contributed by atoms with Crippen LogP contribution < -0.4 is 10.1 Å². The Morgan fingerprint density at radius 3 is 2.80 bits per heavy atom. The average molecular weight is 279 g/mol. The van der Waals surface area contributed by atoms with E-state index in [0.29, 0.717) is 12.5 Å². The number of hydrogen-bond donors (Lipinski definition) is 2. The Hall–Kier alpha value is -1.36. The summed E-state index contributed by atoms with van der Waals surface area (Å²) in [6, 6.07) is 1.82. The molecule has 0 aromatic carbocycles. The van der Waals surface area contributed by atoms with E-state index in [0.717, 1.165) is 31.6 Å². The summed E-state index contributed by atoms with van der Waals surface area (Å²) in [5.41, 5.74) is 0.00758. The van der Waals surface area contributed by atoms with Crippen molar-refractivity contribution in [2.24, 2.45) is 5.41 Å². The zero-order chi connectivity index (χ0) is 14.3. The van der Waals surface area contributed by atoms with Crippen molar-refractivity contribution in [1.29, 1.82) is 0 Å². The van der Waals surface area contributed by atoms with Crippen LogP contribution in [0.4, 0.5) is 5.82 Å². The Kier molecular flexibility index (Phi) is 5.59. The molecular formula is C15H25N3O2. The van der Waals surface area contributed by atoms with Crippen LogP contribution in [0.25, 0.3) is 0 Å². The van der Waals surface area contributed by atoms with Gasteiger partial charge in [-0.25, -0.2) is 9.97 Å². The highest BCUT2D eigenvalue weighted by Crippen LogP contribution is 2.35. The Bertz CT molecular complexity index is 406. The van der Waals surface area contributed by atoms with Gasteiger partial charge in [-0.3, -0.25) is 0 Å². The third kappa shape index (κ3) is 4.07. The number of nitrogens with zero attached hydrogens (tertiary/aromatic N) is 2. The van der Waals surface area contributed by atoms with Crippen LogP contribution in [0.15, 0.2) is 12.4 Å². The lowest BCUT2D eigenvalue weighted by atomic mass is 9.74. The van der Waals surface area contributed by atoms with E-state index in [-0.39, 0.29) is 12.0 Å². The molecule has 0 unspecified atom stereocenters. The van der Waals surface area contributed by atoms with Crippen molar-refractivity contribution in [3.05, 3.63) is 12.4 Å². The molecule has 0 amide bonds. The van der Waals surface area contributed by atoms with Gasteiger partial charge in [0.15, 0.2) is 0 Å². The Morgan fingerprint density at radius 2 is 2.10 bits per heavy atom. The maximum absolute atomic E-state index is 9.69. The molecule has 1 aliphatic carbocycles. The van der Waals surface area contributed by atoms with E-state index in [9.17, 15) is 5.11 Å². The van der Waals surface area contributed by atoms with Gasteiger partial charge in [-0.1, -0.05) is 26.2 Å². The van der Waals surface area contributed by atoms with Gasteiger partial charge < -0.3 is 15.2 Å². The Morgan fingerprint density at radius 1 is 1.30 bits per heavy atom. The van der Waals surface area contributed by atoms with E-state index in [4.69, 9.17) is 4.74 Å². The summed E-state index contributed by atoms with van der Waals surface area (Å²) in [5.74, 6) is 1.37. The number of aromatic nitrogens is 2. The lowest BCUT2D eigenvalue weighted by Crippen LogP contribution is -2.35. The topological polar surface area (TPSA) is 67.3 Å². The van der Waals surface area contributed by atoms with Crippen molar-refractivity contribution in [2.45, 2.75) is 45.4 Å². The molecule has 2 N–H and O–H groups in total. The molecule has 1 aromatic heterocycles. The predicted molar refractivity (Wildman–Crippen MR) is 78.9 cm³/mol. The molecule has 0 radical (unpaired) electrons. The van der Waals surface area contributed by atoms with Crippen molar-refractivity contribution in [3.63, 3.8) is 0 Å². The first-order valence-corrected chi connectivity index (χ1v) is 7.57. The molecule has 1 aromatic rings. The molecule has 2 rings (SSSR count). The van der Waals surface area contributed by atoms with Gasteiger partial charge in [-0.05, 0) is 19.3 Å². The normalized spacial score (nSPS) is 17.7. The van der Waals surface area contributed by atoms with E-state index >= 15 is 0 Å². The van der Waals surface area contributed by atoms with Crippen LogP contribution in [0.2, 0.25) is 0 Å². The zero-order valence-electron chi connectivity index (χ0n) is 12.3. The SMILES string of the molecule is CCCOc1cc(NCC2(CO)CCCCC2)ncn1. The van der Waals surface area contributed by atoms with Crippen molar-refractivity contribution in [1.82, 2.24) is 9.97 Å². The van der Waals surface area contributed by atoms with Crippen LogP contribution in [0.3, 0.4) is 0 Å². The quantitative estimate of drug-likeness (QED) is 0.803. The van der Waals surface area contributed by atoms with Gasteiger partial charge in [0.25, 0.3) is 0 Å². The van der Waals surface area contributed by atoms with E-state index in [1.807, 2.05) is 6.07 Å². The van der Waals surface area contributed by atoms with E-state index < -0.39 is 0 Å². The first-order chi connectivity index (χ1) is 9.78. The lowest BCUT2D eigenvalue weighted by molar-refractivity contribution is 0.0943. The van der Waals surface area contributed by atoms with Gasteiger partial charge in [0.2, 0.25) is 5.88 Å². The standard InChI is InChI=1S/C15H25N3O2/c1-2-8-20-14-9-13(17-12-18-14)16-10-15(11-19)6-4-3-5-7-15/h9,12,19H,2-8,10-11H2,1H3,(H,16,17,18). The lowest BCUT2D eigenvalue weighted by Gasteiger charge is -2.35. The Balaban J connectivity index is 1.92. The summed E-state index contributed by atoms with van der Waals surface area (Å²) >= 11 is 0. The fraction of sp³-hybridized carbons (Fsp3) is 0.733. The van der Waals surface area contributed by atoms with E-state index in [1.54, 1.807) is 0 Å². The van der Waals surface area contributed by atoms with Gasteiger partial charge >= 0.3 is 0 Å². The minimum Gasteiger partial charge on any atom is -0.478 e. The third-order valence-electron chi connectivity index (χ3n) is 3.99. The molecule has 1 saturated carbocycles. The number of ether oxygens (including phenoxy) is 1. The first kappa shape index (κ1) is 15.0. The third-order valence-corrected chi connectivity index (χ3v) is 3.99. The molecule has 0 spiro atoms. The highest BCUT2D eigenvalue weighted by atomic mass is 16.5.